The fraction of sp³-hybridized carbons (Fsp3) is 0.348. The molecule has 0 bridgehead atoms. The lowest BCUT2D eigenvalue weighted by Gasteiger charge is -2.26. The van der Waals surface area contributed by atoms with Crippen LogP contribution in [-0.4, -0.2) is 56.9 Å². The molecule has 0 aliphatic carbocycles. The van der Waals surface area contributed by atoms with E-state index >= 15 is 0 Å². The number of nitrogens with zero attached hydrogens (tertiary/aromatic N) is 2. The van der Waals surface area contributed by atoms with Crippen LogP contribution >= 0.6 is 24.0 Å². The third-order valence-corrected chi connectivity index (χ3v) is 5.13. The molecule has 3 rings (SSSR count). The summed E-state index contributed by atoms with van der Waals surface area (Å²) in [6, 6.07) is 15.6. The number of hydrogen-bond acceptors (Lipinski definition) is 3. The Bertz CT molecular complexity index is 945. The van der Waals surface area contributed by atoms with Gasteiger partial charge in [-0.15, -0.1) is 24.0 Å². The Morgan fingerprint density at radius 2 is 1.94 bits per heavy atom. The Morgan fingerprint density at radius 1 is 1.16 bits per heavy atom. The van der Waals surface area contributed by atoms with Crippen LogP contribution in [0.2, 0.25) is 0 Å². The first-order valence-electron chi connectivity index (χ1n) is 10.1. The van der Waals surface area contributed by atoms with Gasteiger partial charge in [-0.1, -0.05) is 30.3 Å². The zero-order valence-corrected chi connectivity index (χ0v) is 20.5. The average Bonchev–Trinajstić information content (AvgIpc) is 2.75. The third kappa shape index (κ3) is 6.68. The minimum atomic E-state index is -0.000847. The predicted octanol–water partition coefficient (Wildman–Crippen LogP) is 2.84. The molecule has 0 aromatic heterocycles. The number of benzene rings is 2. The maximum absolute atomic E-state index is 12.1. The van der Waals surface area contributed by atoms with Gasteiger partial charge in [-0.25, -0.2) is 0 Å². The first-order valence-corrected chi connectivity index (χ1v) is 10.1. The van der Waals surface area contributed by atoms with Crippen molar-refractivity contribution in [1.82, 2.24) is 15.5 Å². The standard InChI is InChI=1S/C23H29N5O2.HI/c1-24-23(25-12-11-16-7-6-8-17(13-16)22(30)28(2)3)26-15-18-14-21(29)27-20-10-5-4-9-19(18)20;/h4-10,13,18H,11-12,14-15H2,1-3H3,(H,27,29)(H2,24,25,26);1H. The van der Waals surface area contributed by atoms with Gasteiger partial charge in [-0.05, 0) is 35.7 Å². The molecule has 2 amide bonds. The largest absolute Gasteiger partial charge is 0.356 e. The smallest absolute Gasteiger partial charge is 0.253 e. The van der Waals surface area contributed by atoms with Crippen molar-refractivity contribution in [2.75, 3.05) is 39.5 Å². The van der Waals surface area contributed by atoms with E-state index in [-0.39, 0.29) is 41.7 Å². The quantitative estimate of drug-likeness (QED) is 0.302. The van der Waals surface area contributed by atoms with Gasteiger partial charge in [0.15, 0.2) is 5.96 Å². The number of carbonyl (C=O) groups excluding carboxylic acids is 2. The van der Waals surface area contributed by atoms with Crippen LogP contribution in [0.1, 0.15) is 33.8 Å². The highest BCUT2D eigenvalue weighted by Crippen LogP contribution is 2.31. The third-order valence-electron chi connectivity index (χ3n) is 5.13. The number of aliphatic imine (C=N–C) groups is 1. The van der Waals surface area contributed by atoms with Gasteiger partial charge >= 0.3 is 0 Å². The van der Waals surface area contributed by atoms with Crippen molar-refractivity contribution in [2.45, 2.75) is 18.8 Å². The summed E-state index contributed by atoms with van der Waals surface area (Å²) in [5.74, 6) is 0.830. The number of halogens is 1. The highest BCUT2D eigenvalue weighted by molar-refractivity contribution is 14.0. The lowest BCUT2D eigenvalue weighted by Crippen LogP contribution is -2.41. The van der Waals surface area contributed by atoms with E-state index in [1.54, 1.807) is 26.0 Å². The van der Waals surface area contributed by atoms with E-state index in [4.69, 9.17) is 0 Å². The van der Waals surface area contributed by atoms with Gasteiger partial charge in [0, 0.05) is 57.8 Å². The Kier molecular flexibility index (Phi) is 9.29. The van der Waals surface area contributed by atoms with Gasteiger partial charge in [-0.3, -0.25) is 14.6 Å². The Morgan fingerprint density at radius 3 is 2.68 bits per heavy atom. The van der Waals surface area contributed by atoms with Crippen molar-refractivity contribution < 1.29 is 9.59 Å². The van der Waals surface area contributed by atoms with Crippen LogP contribution in [0.4, 0.5) is 5.69 Å². The van der Waals surface area contributed by atoms with Gasteiger partial charge in [-0.2, -0.15) is 0 Å². The normalized spacial score (nSPS) is 15.3. The lowest BCUT2D eigenvalue weighted by atomic mass is 9.90. The van der Waals surface area contributed by atoms with Crippen LogP contribution in [-0.2, 0) is 11.2 Å². The Balaban J connectivity index is 0.00000341. The molecule has 0 spiro atoms. The van der Waals surface area contributed by atoms with Crippen molar-refractivity contribution in [3.8, 4) is 0 Å². The van der Waals surface area contributed by atoms with Crippen LogP contribution in [0.15, 0.2) is 53.5 Å². The second-order valence-electron chi connectivity index (χ2n) is 7.57. The summed E-state index contributed by atoms with van der Waals surface area (Å²) in [7, 11) is 5.23. The molecule has 0 saturated heterocycles. The van der Waals surface area contributed by atoms with Crippen LogP contribution in [0.25, 0.3) is 0 Å². The molecular formula is C23H30IN5O2. The summed E-state index contributed by atoms with van der Waals surface area (Å²) >= 11 is 0. The second kappa shape index (κ2) is 11.7. The number of anilines is 1. The molecule has 2 aromatic carbocycles. The van der Waals surface area contributed by atoms with Crippen LogP contribution in [0, 0.1) is 0 Å². The second-order valence-corrected chi connectivity index (χ2v) is 7.57. The van der Waals surface area contributed by atoms with E-state index in [1.165, 1.54) is 0 Å². The average molecular weight is 535 g/mol. The number of para-hydroxylation sites is 1. The molecule has 7 nitrogen and oxygen atoms in total. The molecule has 31 heavy (non-hydrogen) atoms. The number of hydrogen-bond donors (Lipinski definition) is 3. The molecule has 0 fully saturated rings. The van der Waals surface area contributed by atoms with Crippen molar-refractivity contribution in [2.24, 2.45) is 4.99 Å². The van der Waals surface area contributed by atoms with E-state index in [0.717, 1.165) is 23.2 Å². The predicted molar refractivity (Wildman–Crippen MR) is 135 cm³/mol. The SMILES string of the molecule is CN=C(NCCc1cccc(C(=O)N(C)C)c1)NCC1CC(=O)Nc2ccccc21.I. The zero-order valence-electron chi connectivity index (χ0n) is 18.1. The van der Waals surface area contributed by atoms with E-state index in [1.807, 2.05) is 42.5 Å². The van der Waals surface area contributed by atoms with E-state index < -0.39 is 0 Å². The topological polar surface area (TPSA) is 85.8 Å². The first kappa shape index (κ1) is 24.6. The molecule has 1 heterocycles. The van der Waals surface area contributed by atoms with Crippen molar-refractivity contribution in [1.29, 1.82) is 0 Å². The number of rotatable bonds is 6. The van der Waals surface area contributed by atoms with Gasteiger partial charge in [0.25, 0.3) is 5.91 Å². The number of fused-ring (bicyclic) bond motifs is 1. The molecule has 166 valence electrons. The minimum Gasteiger partial charge on any atom is -0.356 e. The molecule has 1 aliphatic heterocycles. The van der Waals surface area contributed by atoms with Crippen molar-refractivity contribution in [3.63, 3.8) is 0 Å². The van der Waals surface area contributed by atoms with Crippen LogP contribution in [0.5, 0.6) is 0 Å². The maximum Gasteiger partial charge on any atom is 0.253 e. The monoisotopic (exact) mass is 535 g/mol. The van der Waals surface area contributed by atoms with Gasteiger partial charge in [0.05, 0.1) is 0 Å². The number of guanidine groups is 1. The van der Waals surface area contributed by atoms with Gasteiger partial charge in [0.1, 0.15) is 0 Å². The van der Waals surface area contributed by atoms with Gasteiger partial charge < -0.3 is 20.9 Å². The summed E-state index contributed by atoms with van der Waals surface area (Å²) < 4.78 is 0. The fourth-order valence-corrected chi connectivity index (χ4v) is 3.57. The van der Waals surface area contributed by atoms with E-state index in [9.17, 15) is 9.59 Å². The van der Waals surface area contributed by atoms with Crippen LogP contribution in [0.3, 0.4) is 0 Å². The highest BCUT2D eigenvalue weighted by Gasteiger charge is 2.24. The minimum absolute atomic E-state index is 0. The first-order chi connectivity index (χ1) is 14.5. The molecule has 3 N–H and O–H groups in total. The van der Waals surface area contributed by atoms with Crippen LogP contribution < -0.4 is 16.0 Å². The number of nitrogens with one attached hydrogen (secondary N) is 3. The van der Waals surface area contributed by atoms with Crippen molar-refractivity contribution >= 4 is 47.4 Å². The molecule has 0 radical (unpaired) electrons. The molecular weight excluding hydrogens is 505 g/mol. The maximum atomic E-state index is 12.1. The molecule has 0 saturated carbocycles. The number of amides is 2. The molecule has 1 unspecified atom stereocenters. The summed E-state index contributed by atoms with van der Waals surface area (Å²) in [5, 5.41) is 9.56. The fourth-order valence-electron chi connectivity index (χ4n) is 3.57. The summed E-state index contributed by atoms with van der Waals surface area (Å²) in [6.45, 7) is 1.30. The molecule has 8 heteroatoms. The molecule has 1 aliphatic rings. The number of carbonyl (C=O) groups is 2. The Labute approximate surface area is 200 Å². The summed E-state index contributed by atoms with van der Waals surface area (Å²) in [6.07, 6.45) is 1.22. The summed E-state index contributed by atoms with van der Waals surface area (Å²) in [4.78, 5) is 30.0. The summed E-state index contributed by atoms with van der Waals surface area (Å²) in [5.41, 5.74) is 3.80. The van der Waals surface area contributed by atoms with E-state index in [0.29, 0.717) is 31.0 Å². The highest BCUT2D eigenvalue weighted by atomic mass is 127. The van der Waals surface area contributed by atoms with E-state index in [2.05, 4.69) is 27.0 Å². The molecule has 1 atom stereocenters. The molecule has 2 aromatic rings. The zero-order chi connectivity index (χ0) is 21.5. The van der Waals surface area contributed by atoms with Crippen molar-refractivity contribution in [3.05, 3.63) is 65.2 Å². The van der Waals surface area contributed by atoms with Gasteiger partial charge in [0.2, 0.25) is 5.91 Å². The Hall–Kier alpha value is -2.62. The lowest BCUT2D eigenvalue weighted by molar-refractivity contribution is -0.116.